The Morgan fingerprint density at radius 2 is 2.20 bits per heavy atom. The summed E-state index contributed by atoms with van der Waals surface area (Å²) in [5, 5.41) is 0. The van der Waals surface area contributed by atoms with E-state index in [4.69, 9.17) is 5.73 Å². The number of rotatable bonds is 3. The zero-order valence-electron chi connectivity index (χ0n) is 8.85. The lowest BCUT2D eigenvalue weighted by Crippen LogP contribution is -2.07. The van der Waals surface area contributed by atoms with Crippen LogP contribution in [0.15, 0.2) is 36.7 Å². The van der Waals surface area contributed by atoms with Crippen molar-refractivity contribution in [1.82, 2.24) is 9.55 Å². The zero-order valence-corrected chi connectivity index (χ0v) is 8.85. The van der Waals surface area contributed by atoms with E-state index in [-0.39, 0.29) is 0 Å². The predicted molar refractivity (Wildman–Crippen MR) is 61.4 cm³/mol. The standard InChI is InChI=1S/C12H15N3/c1-15-11(6-7-13)4-5-12(15)10-3-2-8-14-9-10/h2-5,8-9H,6-7,13H2,1H3. The first kappa shape index (κ1) is 9.93. The summed E-state index contributed by atoms with van der Waals surface area (Å²) in [5.41, 5.74) is 9.14. The van der Waals surface area contributed by atoms with Crippen LogP contribution in [0.2, 0.25) is 0 Å². The van der Waals surface area contributed by atoms with E-state index in [0.717, 1.165) is 12.0 Å². The molecule has 0 saturated heterocycles. The maximum absolute atomic E-state index is 5.55. The van der Waals surface area contributed by atoms with Crippen molar-refractivity contribution < 1.29 is 0 Å². The van der Waals surface area contributed by atoms with Crippen LogP contribution in [0.5, 0.6) is 0 Å². The van der Waals surface area contributed by atoms with Crippen molar-refractivity contribution in [2.24, 2.45) is 12.8 Å². The van der Waals surface area contributed by atoms with Crippen molar-refractivity contribution in [2.45, 2.75) is 6.42 Å². The lowest BCUT2D eigenvalue weighted by molar-refractivity contribution is 0.812. The number of pyridine rings is 1. The van der Waals surface area contributed by atoms with Crippen LogP contribution in [0.3, 0.4) is 0 Å². The molecule has 2 heterocycles. The number of hydrogen-bond acceptors (Lipinski definition) is 2. The Morgan fingerprint density at radius 1 is 1.33 bits per heavy atom. The molecule has 2 N–H and O–H groups in total. The van der Waals surface area contributed by atoms with E-state index in [2.05, 4.69) is 34.8 Å². The fraction of sp³-hybridized carbons (Fsp3) is 0.250. The number of hydrogen-bond donors (Lipinski definition) is 1. The van der Waals surface area contributed by atoms with Gasteiger partial charge < -0.3 is 10.3 Å². The number of aromatic nitrogens is 2. The van der Waals surface area contributed by atoms with E-state index in [1.165, 1.54) is 11.4 Å². The van der Waals surface area contributed by atoms with Crippen LogP contribution >= 0.6 is 0 Å². The first-order valence-electron chi connectivity index (χ1n) is 5.08. The highest BCUT2D eigenvalue weighted by Crippen LogP contribution is 2.20. The molecule has 0 bridgehead atoms. The predicted octanol–water partition coefficient (Wildman–Crippen LogP) is 1.59. The highest BCUT2D eigenvalue weighted by Gasteiger charge is 2.05. The van der Waals surface area contributed by atoms with Gasteiger partial charge in [0, 0.05) is 36.4 Å². The lowest BCUT2D eigenvalue weighted by Gasteiger charge is -2.06. The van der Waals surface area contributed by atoms with Gasteiger partial charge in [-0.1, -0.05) is 0 Å². The second-order valence-corrected chi connectivity index (χ2v) is 3.55. The molecule has 0 fully saturated rings. The Morgan fingerprint density at radius 3 is 2.87 bits per heavy atom. The number of nitrogens with two attached hydrogens (primary N) is 1. The van der Waals surface area contributed by atoms with E-state index in [0.29, 0.717) is 6.54 Å². The fourth-order valence-corrected chi connectivity index (χ4v) is 1.76. The molecule has 3 heteroatoms. The van der Waals surface area contributed by atoms with Gasteiger partial charge in [0.2, 0.25) is 0 Å². The van der Waals surface area contributed by atoms with Gasteiger partial charge >= 0.3 is 0 Å². The highest BCUT2D eigenvalue weighted by atomic mass is 15.0. The number of nitrogens with zero attached hydrogens (tertiary/aromatic N) is 2. The third-order valence-corrected chi connectivity index (χ3v) is 2.58. The topological polar surface area (TPSA) is 43.8 Å². The maximum Gasteiger partial charge on any atom is 0.0495 e. The van der Waals surface area contributed by atoms with Crippen molar-refractivity contribution in [3.63, 3.8) is 0 Å². The molecule has 0 saturated carbocycles. The van der Waals surface area contributed by atoms with Gasteiger partial charge in [-0.05, 0) is 37.2 Å². The molecule has 15 heavy (non-hydrogen) atoms. The van der Waals surface area contributed by atoms with Crippen molar-refractivity contribution in [2.75, 3.05) is 6.54 Å². The van der Waals surface area contributed by atoms with Crippen LogP contribution in [0, 0.1) is 0 Å². The third-order valence-electron chi connectivity index (χ3n) is 2.58. The Labute approximate surface area is 89.6 Å². The van der Waals surface area contributed by atoms with E-state index >= 15 is 0 Å². The minimum atomic E-state index is 0.685. The average molecular weight is 201 g/mol. The largest absolute Gasteiger partial charge is 0.348 e. The summed E-state index contributed by atoms with van der Waals surface area (Å²) in [7, 11) is 2.06. The molecule has 0 amide bonds. The second kappa shape index (κ2) is 4.28. The molecule has 0 aliphatic heterocycles. The Balaban J connectivity index is 2.38. The molecule has 0 aromatic carbocycles. The van der Waals surface area contributed by atoms with E-state index < -0.39 is 0 Å². The first-order valence-corrected chi connectivity index (χ1v) is 5.08. The fourth-order valence-electron chi connectivity index (χ4n) is 1.76. The van der Waals surface area contributed by atoms with Crippen molar-refractivity contribution in [1.29, 1.82) is 0 Å². The van der Waals surface area contributed by atoms with Crippen LogP contribution < -0.4 is 5.73 Å². The minimum Gasteiger partial charge on any atom is -0.348 e. The Bertz CT molecular complexity index is 431. The van der Waals surface area contributed by atoms with Crippen molar-refractivity contribution >= 4 is 0 Å². The van der Waals surface area contributed by atoms with Crippen LogP contribution in [-0.2, 0) is 13.5 Å². The molecule has 78 valence electrons. The summed E-state index contributed by atoms with van der Waals surface area (Å²) in [6, 6.07) is 8.25. The average Bonchev–Trinajstić information content (AvgIpc) is 2.63. The molecule has 2 aromatic rings. The van der Waals surface area contributed by atoms with E-state index in [1.807, 2.05) is 12.3 Å². The summed E-state index contributed by atoms with van der Waals surface area (Å²) in [5.74, 6) is 0. The van der Waals surface area contributed by atoms with E-state index in [1.54, 1.807) is 6.20 Å². The summed E-state index contributed by atoms with van der Waals surface area (Å²) in [4.78, 5) is 4.12. The Kier molecular flexibility index (Phi) is 2.83. The van der Waals surface area contributed by atoms with Gasteiger partial charge in [-0.25, -0.2) is 0 Å². The third kappa shape index (κ3) is 1.92. The van der Waals surface area contributed by atoms with Crippen LogP contribution in [-0.4, -0.2) is 16.1 Å². The molecule has 3 nitrogen and oxygen atoms in total. The molecular formula is C12H15N3. The van der Waals surface area contributed by atoms with Gasteiger partial charge in [0.15, 0.2) is 0 Å². The molecule has 0 atom stereocenters. The van der Waals surface area contributed by atoms with Gasteiger partial charge in [0.25, 0.3) is 0 Å². The maximum atomic E-state index is 5.55. The van der Waals surface area contributed by atoms with Crippen LogP contribution in [0.25, 0.3) is 11.3 Å². The molecule has 0 radical (unpaired) electrons. The minimum absolute atomic E-state index is 0.685. The van der Waals surface area contributed by atoms with Gasteiger partial charge in [0.05, 0.1) is 0 Å². The van der Waals surface area contributed by atoms with Gasteiger partial charge in [-0.15, -0.1) is 0 Å². The molecule has 2 aromatic heterocycles. The molecule has 0 unspecified atom stereocenters. The SMILES string of the molecule is Cn1c(CCN)ccc1-c1cccnc1. The summed E-state index contributed by atoms with van der Waals surface area (Å²) >= 11 is 0. The summed E-state index contributed by atoms with van der Waals surface area (Å²) in [6.07, 6.45) is 4.57. The summed E-state index contributed by atoms with van der Waals surface area (Å²) in [6.45, 7) is 0.685. The Hall–Kier alpha value is -1.61. The second-order valence-electron chi connectivity index (χ2n) is 3.55. The van der Waals surface area contributed by atoms with Gasteiger partial charge in [-0.3, -0.25) is 4.98 Å². The molecular weight excluding hydrogens is 186 g/mol. The van der Waals surface area contributed by atoms with Crippen LogP contribution in [0.1, 0.15) is 5.69 Å². The normalized spacial score (nSPS) is 10.5. The quantitative estimate of drug-likeness (QED) is 0.819. The van der Waals surface area contributed by atoms with E-state index in [9.17, 15) is 0 Å². The van der Waals surface area contributed by atoms with Crippen molar-refractivity contribution in [3.8, 4) is 11.3 Å². The molecule has 0 aliphatic carbocycles. The monoisotopic (exact) mass is 201 g/mol. The first-order chi connectivity index (χ1) is 7.33. The smallest absolute Gasteiger partial charge is 0.0495 e. The van der Waals surface area contributed by atoms with Crippen LogP contribution in [0.4, 0.5) is 0 Å². The molecule has 2 rings (SSSR count). The van der Waals surface area contributed by atoms with Gasteiger partial charge in [0.1, 0.15) is 0 Å². The lowest BCUT2D eigenvalue weighted by atomic mass is 10.2. The van der Waals surface area contributed by atoms with Gasteiger partial charge in [-0.2, -0.15) is 0 Å². The molecule has 0 aliphatic rings. The molecule has 0 spiro atoms. The highest BCUT2D eigenvalue weighted by molar-refractivity contribution is 5.59. The van der Waals surface area contributed by atoms with Crippen molar-refractivity contribution in [3.05, 3.63) is 42.4 Å². The zero-order chi connectivity index (χ0) is 10.7. The summed E-state index contributed by atoms with van der Waals surface area (Å²) < 4.78 is 2.17.